The third kappa shape index (κ3) is 5.64. The van der Waals surface area contributed by atoms with E-state index >= 15 is 0 Å². The van der Waals surface area contributed by atoms with Gasteiger partial charge in [-0.05, 0) is 48.6 Å². The zero-order valence-electron chi connectivity index (χ0n) is 24.4. The van der Waals surface area contributed by atoms with Crippen molar-refractivity contribution in [3.05, 3.63) is 107 Å². The van der Waals surface area contributed by atoms with Crippen LogP contribution in [0.1, 0.15) is 46.7 Å². The van der Waals surface area contributed by atoms with E-state index in [0.29, 0.717) is 62.0 Å². The molecular formula is C34H37N5O4. The van der Waals surface area contributed by atoms with Gasteiger partial charge in [-0.3, -0.25) is 19.0 Å². The van der Waals surface area contributed by atoms with Crippen LogP contribution in [0.5, 0.6) is 0 Å². The van der Waals surface area contributed by atoms with Gasteiger partial charge in [-0.2, -0.15) is 0 Å². The van der Waals surface area contributed by atoms with Crippen molar-refractivity contribution in [3.63, 3.8) is 0 Å². The molecule has 9 heteroatoms. The number of aromatic nitrogens is 3. The highest BCUT2D eigenvalue weighted by atomic mass is 16.3. The summed E-state index contributed by atoms with van der Waals surface area (Å²) in [6.45, 7) is 5.69. The molecule has 2 amide bonds. The van der Waals surface area contributed by atoms with E-state index in [4.69, 9.17) is 0 Å². The zero-order chi connectivity index (χ0) is 30.1. The van der Waals surface area contributed by atoms with Gasteiger partial charge in [0.1, 0.15) is 12.0 Å². The van der Waals surface area contributed by atoms with E-state index in [1.807, 2.05) is 71.4 Å². The van der Waals surface area contributed by atoms with Gasteiger partial charge in [0, 0.05) is 56.8 Å². The van der Waals surface area contributed by atoms with Gasteiger partial charge in [-0.1, -0.05) is 55.1 Å². The predicted octanol–water partition coefficient (Wildman–Crippen LogP) is 3.68. The van der Waals surface area contributed by atoms with Crippen LogP contribution >= 0.6 is 0 Å². The highest BCUT2D eigenvalue weighted by Gasteiger charge is 2.41. The van der Waals surface area contributed by atoms with Crippen LogP contribution in [0.4, 0.5) is 0 Å². The second-order valence-electron chi connectivity index (χ2n) is 11.9. The van der Waals surface area contributed by atoms with Crippen molar-refractivity contribution in [2.24, 2.45) is 13.0 Å². The van der Waals surface area contributed by atoms with Crippen LogP contribution in [0, 0.1) is 5.92 Å². The van der Waals surface area contributed by atoms with Crippen LogP contribution < -0.4 is 5.56 Å². The summed E-state index contributed by atoms with van der Waals surface area (Å²) in [6, 6.07) is 19.1. The van der Waals surface area contributed by atoms with Crippen molar-refractivity contribution >= 4 is 28.9 Å². The second kappa shape index (κ2) is 11.6. The molecule has 0 radical (unpaired) electrons. The van der Waals surface area contributed by atoms with Gasteiger partial charge in [-0.15, -0.1) is 0 Å². The first-order chi connectivity index (χ1) is 20.8. The molecule has 2 fully saturated rings. The molecule has 1 N–H and O–H groups in total. The summed E-state index contributed by atoms with van der Waals surface area (Å²) in [5.41, 5.74) is 1.86. The number of aliphatic hydroxyl groups is 1. The number of nitrogens with zero attached hydrogens (tertiary/aromatic N) is 5. The fourth-order valence-corrected chi connectivity index (χ4v) is 6.60. The summed E-state index contributed by atoms with van der Waals surface area (Å²) in [4.78, 5) is 48.6. The average molecular weight is 580 g/mol. The third-order valence-corrected chi connectivity index (χ3v) is 9.14. The van der Waals surface area contributed by atoms with Crippen molar-refractivity contribution in [1.29, 1.82) is 0 Å². The maximum atomic E-state index is 14.0. The van der Waals surface area contributed by atoms with E-state index in [-0.39, 0.29) is 35.8 Å². The summed E-state index contributed by atoms with van der Waals surface area (Å²) in [5, 5.41) is 11.9. The predicted molar refractivity (Wildman–Crippen MR) is 165 cm³/mol. The molecule has 2 aromatic carbocycles. The number of hydrogen-bond acceptors (Lipinski definition) is 5. The van der Waals surface area contributed by atoms with Gasteiger partial charge in [0.2, 0.25) is 5.91 Å². The first-order valence-electron chi connectivity index (χ1n) is 14.8. The Morgan fingerprint density at radius 3 is 2.56 bits per heavy atom. The Kier molecular flexibility index (Phi) is 7.75. The molecule has 0 spiro atoms. The minimum absolute atomic E-state index is 0.0445. The van der Waals surface area contributed by atoms with Gasteiger partial charge in [-0.25, -0.2) is 4.98 Å². The molecule has 2 aliphatic rings. The fourth-order valence-electron chi connectivity index (χ4n) is 6.60. The smallest absolute Gasteiger partial charge is 0.262 e. The molecule has 0 saturated carbocycles. The highest BCUT2D eigenvalue weighted by Crippen LogP contribution is 2.36. The lowest BCUT2D eigenvalue weighted by atomic mass is 9.79. The molecule has 2 aromatic heterocycles. The number of benzene rings is 2. The maximum Gasteiger partial charge on any atom is 0.262 e. The summed E-state index contributed by atoms with van der Waals surface area (Å²) in [7, 11) is 1.84. The standard InChI is InChI=1S/C34H37N5O4/c1-3-24-8-7-11-26(20-24)31(40)38-17-13-27(29(21-38)25-9-5-4-6-10-25)32(41)37-18-14-34(43,15-19-37)22-39-23-35-30-28(33(39)42)12-16-36(30)2/h3-12,16,20,23,27,29,43H,1,13-15,17-19,21-22H2,2H3/t27-,29+/m1/s1. The molecule has 222 valence electrons. The maximum absolute atomic E-state index is 14.0. The topological polar surface area (TPSA) is 101 Å². The summed E-state index contributed by atoms with van der Waals surface area (Å²) < 4.78 is 3.27. The molecule has 0 aliphatic carbocycles. The number of carbonyl (C=O) groups is 2. The summed E-state index contributed by atoms with van der Waals surface area (Å²) in [5.74, 6) is -0.403. The Balaban J connectivity index is 1.15. The van der Waals surface area contributed by atoms with Crippen molar-refractivity contribution in [3.8, 4) is 0 Å². The van der Waals surface area contributed by atoms with Crippen LogP contribution in [0.25, 0.3) is 17.1 Å². The van der Waals surface area contributed by atoms with Gasteiger partial charge in [0.15, 0.2) is 0 Å². The summed E-state index contributed by atoms with van der Waals surface area (Å²) in [6.07, 6.45) is 6.31. The zero-order valence-corrected chi connectivity index (χ0v) is 24.4. The highest BCUT2D eigenvalue weighted by molar-refractivity contribution is 5.95. The van der Waals surface area contributed by atoms with Crippen LogP contribution in [0.2, 0.25) is 0 Å². The number of hydrogen-bond donors (Lipinski definition) is 1. The van der Waals surface area contributed by atoms with Crippen molar-refractivity contribution in [2.75, 3.05) is 26.2 Å². The molecule has 2 saturated heterocycles. The van der Waals surface area contributed by atoms with Crippen LogP contribution in [0.15, 0.2) is 84.6 Å². The Morgan fingerprint density at radius 2 is 1.81 bits per heavy atom. The van der Waals surface area contributed by atoms with Gasteiger partial charge in [0.05, 0.1) is 17.5 Å². The lowest BCUT2D eigenvalue weighted by Crippen LogP contribution is -2.53. The average Bonchev–Trinajstić information content (AvgIpc) is 3.43. The van der Waals surface area contributed by atoms with Crippen LogP contribution in [-0.4, -0.2) is 72.6 Å². The van der Waals surface area contributed by atoms with E-state index in [0.717, 1.165) is 11.1 Å². The van der Waals surface area contributed by atoms with E-state index in [2.05, 4.69) is 11.6 Å². The van der Waals surface area contributed by atoms with Crippen molar-refractivity contribution in [1.82, 2.24) is 23.9 Å². The quantitative estimate of drug-likeness (QED) is 0.376. The number of likely N-dealkylation sites (tertiary alicyclic amines) is 2. The number of fused-ring (bicyclic) bond motifs is 1. The number of piperidine rings is 2. The lowest BCUT2D eigenvalue weighted by molar-refractivity contribution is -0.142. The molecule has 0 unspecified atom stereocenters. The molecule has 6 rings (SSSR count). The van der Waals surface area contributed by atoms with E-state index in [9.17, 15) is 19.5 Å². The monoisotopic (exact) mass is 579 g/mol. The fraction of sp³-hybridized carbons (Fsp3) is 0.353. The van der Waals surface area contributed by atoms with Crippen LogP contribution in [-0.2, 0) is 18.4 Å². The Labute approximate surface area is 250 Å². The Bertz CT molecular complexity index is 1720. The summed E-state index contributed by atoms with van der Waals surface area (Å²) >= 11 is 0. The van der Waals surface area contributed by atoms with E-state index in [1.54, 1.807) is 22.9 Å². The van der Waals surface area contributed by atoms with E-state index in [1.165, 1.54) is 10.9 Å². The lowest BCUT2D eigenvalue weighted by Gasteiger charge is -2.43. The molecule has 4 heterocycles. The first-order valence-corrected chi connectivity index (χ1v) is 14.8. The number of aryl methyl sites for hydroxylation is 1. The Morgan fingerprint density at radius 1 is 1.05 bits per heavy atom. The Hall–Kier alpha value is -4.50. The SMILES string of the molecule is C=Cc1cccc(C(=O)N2CC[C@@H](C(=O)N3CCC(O)(Cn4cnc5c(ccn5C)c4=O)CC3)[C@H](c3ccccc3)C2)c1. The minimum atomic E-state index is -1.11. The number of amides is 2. The van der Waals surface area contributed by atoms with Crippen molar-refractivity contribution < 1.29 is 14.7 Å². The van der Waals surface area contributed by atoms with E-state index < -0.39 is 5.60 Å². The third-order valence-electron chi connectivity index (χ3n) is 9.14. The first kappa shape index (κ1) is 28.6. The van der Waals surface area contributed by atoms with Crippen LogP contribution in [0.3, 0.4) is 0 Å². The molecule has 2 aliphatic heterocycles. The molecular weight excluding hydrogens is 542 g/mol. The number of carbonyl (C=O) groups excluding carboxylic acids is 2. The molecule has 9 nitrogen and oxygen atoms in total. The minimum Gasteiger partial charge on any atom is -0.388 e. The van der Waals surface area contributed by atoms with Crippen molar-refractivity contribution in [2.45, 2.75) is 37.3 Å². The number of rotatable bonds is 6. The van der Waals surface area contributed by atoms with Gasteiger partial charge >= 0.3 is 0 Å². The molecule has 2 atom stereocenters. The molecule has 43 heavy (non-hydrogen) atoms. The van der Waals surface area contributed by atoms with Gasteiger partial charge < -0.3 is 19.5 Å². The molecule has 4 aromatic rings. The normalized spacial score (nSPS) is 20.2. The van der Waals surface area contributed by atoms with Gasteiger partial charge in [0.25, 0.3) is 11.5 Å². The molecule has 0 bridgehead atoms. The second-order valence-corrected chi connectivity index (χ2v) is 11.9. The largest absolute Gasteiger partial charge is 0.388 e.